The van der Waals surface area contributed by atoms with Gasteiger partial charge in [-0.1, -0.05) is 96.7 Å². The van der Waals surface area contributed by atoms with Gasteiger partial charge >= 0.3 is 0 Å². The minimum atomic E-state index is 0.136. The Morgan fingerprint density at radius 2 is 1.29 bits per heavy atom. The summed E-state index contributed by atoms with van der Waals surface area (Å²) >= 11 is 1.86. The first-order valence-corrected chi connectivity index (χ1v) is 14.8. The summed E-state index contributed by atoms with van der Waals surface area (Å²) in [6, 6.07) is 47.6. The molecular formula is C37H24N2OS. The lowest BCUT2D eigenvalue weighted by Gasteiger charge is -2.13. The van der Waals surface area contributed by atoms with Crippen LogP contribution in [-0.4, -0.2) is 4.57 Å². The summed E-state index contributed by atoms with van der Waals surface area (Å²) in [5.74, 6) is 0. The third-order valence-corrected chi connectivity index (χ3v) is 9.48. The number of thioether (sulfide) groups is 1. The molecule has 1 atom stereocenters. The maximum Gasteiger partial charge on any atom is 0.137 e. The normalized spacial score (nSPS) is 14.7. The molecule has 2 aromatic heterocycles. The largest absolute Gasteiger partial charge is 0.456 e. The van der Waals surface area contributed by atoms with Crippen molar-refractivity contribution in [1.82, 2.24) is 4.57 Å². The topological polar surface area (TPSA) is 30.1 Å². The molecule has 8 aromatic rings. The summed E-state index contributed by atoms with van der Waals surface area (Å²) in [5, 5.41) is 8.83. The molecule has 0 saturated heterocycles. The molecule has 0 spiro atoms. The van der Waals surface area contributed by atoms with E-state index in [9.17, 15) is 0 Å². The maximum atomic E-state index is 6.36. The van der Waals surface area contributed by atoms with E-state index in [1.165, 1.54) is 43.5 Å². The molecule has 41 heavy (non-hydrogen) atoms. The van der Waals surface area contributed by atoms with Crippen LogP contribution in [0.1, 0.15) is 10.9 Å². The second-order valence-electron chi connectivity index (χ2n) is 10.6. The number of nitrogens with zero attached hydrogens (tertiary/aromatic N) is 1. The molecule has 1 aliphatic heterocycles. The number of hydrogen-bond donors (Lipinski definition) is 1. The number of hydrogen-bond acceptors (Lipinski definition) is 3. The maximum absolute atomic E-state index is 6.36. The molecule has 3 nitrogen and oxygen atoms in total. The van der Waals surface area contributed by atoms with Gasteiger partial charge in [-0.05, 0) is 65.2 Å². The van der Waals surface area contributed by atoms with Gasteiger partial charge < -0.3 is 14.3 Å². The molecule has 6 aromatic carbocycles. The van der Waals surface area contributed by atoms with Crippen LogP contribution in [0.25, 0.3) is 60.6 Å². The number of para-hydroxylation sites is 2. The second-order valence-corrected chi connectivity index (χ2v) is 11.7. The second kappa shape index (κ2) is 8.79. The Balaban J connectivity index is 1.08. The number of nitrogens with one attached hydrogen (secondary N) is 1. The van der Waals surface area contributed by atoms with Crippen LogP contribution in [0.4, 0.5) is 5.69 Å². The predicted octanol–water partition coefficient (Wildman–Crippen LogP) is 10.6. The first-order chi connectivity index (χ1) is 20.3. The van der Waals surface area contributed by atoms with E-state index in [0.29, 0.717) is 0 Å². The van der Waals surface area contributed by atoms with Crippen LogP contribution in [0.5, 0.6) is 0 Å². The Morgan fingerprint density at radius 1 is 0.585 bits per heavy atom. The highest BCUT2D eigenvalue weighted by molar-refractivity contribution is 8.00. The number of fused-ring (bicyclic) bond motifs is 8. The lowest BCUT2D eigenvalue weighted by molar-refractivity contribution is 0.669. The molecule has 194 valence electrons. The van der Waals surface area contributed by atoms with Crippen molar-refractivity contribution in [3.05, 3.63) is 139 Å². The van der Waals surface area contributed by atoms with Gasteiger partial charge in [0, 0.05) is 26.7 Å². The van der Waals surface area contributed by atoms with E-state index >= 15 is 0 Å². The van der Waals surface area contributed by atoms with Gasteiger partial charge in [0.2, 0.25) is 0 Å². The van der Waals surface area contributed by atoms with E-state index in [1.54, 1.807) is 0 Å². The van der Waals surface area contributed by atoms with E-state index in [2.05, 4.69) is 137 Å². The van der Waals surface area contributed by atoms with Gasteiger partial charge in [0.15, 0.2) is 0 Å². The highest BCUT2D eigenvalue weighted by Gasteiger charge is 2.27. The van der Waals surface area contributed by atoms with Crippen molar-refractivity contribution in [3.63, 3.8) is 0 Å². The highest BCUT2D eigenvalue weighted by atomic mass is 32.2. The average Bonchev–Trinajstić information content (AvgIpc) is 3.73. The van der Waals surface area contributed by atoms with Crippen LogP contribution in [0, 0.1) is 0 Å². The quantitative estimate of drug-likeness (QED) is 0.240. The van der Waals surface area contributed by atoms with Crippen LogP contribution in [0.15, 0.2) is 143 Å². The Labute approximate surface area is 241 Å². The standard InChI is InChI=1S/C37H24N2OS/c1-2-8-23(9-3-1)25-16-19-29-33(22-25)40-32-20-21-34-36(35(29)32)38-37(41-34)24-14-17-26(18-15-24)39-30-12-6-4-10-27(30)28-11-5-7-13-31(28)39/h1-22,37-38H. The third kappa shape index (κ3) is 3.47. The first kappa shape index (κ1) is 22.8. The molecule has 0 fully saturated rings. The summed E-state index contributed by atoms with van der Waals surface area (Å²) in [6.45, 7) is 0. The molecule has 3 heterocycles. The van der Waals surface area contributed by atoms with Gasteiger partial charge in [-0.25, -0.2) is 0 Å². The molecule has 1 N–H and O–H groups in total. The zero-order valence-corrected chi connectivity index (χ0v) is 22.9. The van der Waals surface area contributed by atoms with Gasteiger partial charge in [-0.3, -0.25) is 0 Å². The van der Waals surface area contributed by atoms with Crippen LogP contribution in [0.2, 0.25) is 0 Å². The predicted molar refractivity (Wildman–Crippen MR) is 172 cm³/mol. The third-order valence-electron chi connectivity index (χ3n) is 8.26. The fourth-order valence-corrected chi connectivity index (χ4v) is 7.49. The molecular weight excluding hydrogens is 520 g/mol. The summed E-state index contributed by atoms with van der Waals surface area (Å²) in [4.78, 5) is 1.25. The van der Waals surface area contributed by atoms with Crippen molar-refractivity contribution in [2.75, 3.05) is 5.32 Å². The smallest absolute Gasteiger partial charge is 0.137 e. The minimum Gasteiger partial charge on any atom is -0.456 e. The van der Waals surface area contributed by atoms with E-state index < -0.39 is 0 Å². The summed E-state index contributed by atoms with van der Waals surface area (Å²) in [7, 11) is 0. The van der Waals surface area contributed by atoms with Gasteiger partial charge in [-0.15, -0.1) is 0 Å². The fourth-order valence-electron chi connectivity index (χ4n) is 6.34. The minimum absolute atomic E-state index is 0.136. The highest BCUT2D eigenvalue weighted by Crippen LogP contribution is 2.51. The molecule has 0 amide bonds. The fraction of sp³-hybridized carbons (Fsp3) is 0.0270. The van der Waals surface area contributed by atoms with Crippen LogP contribution in [0.3, 0.4) is 0 Å². The number of benzene rings is 6. The number of rotatable bonds is 3. The van der Waals surface area contributed by atoms with Crippen molar-refractivity contribution >= 4 is 61.2 Å². The average molecular weight is 545 g/mol. The van der Waals surface area contributed by atoms with Crippen molar-refractivity contribution in [1.29, 1.82) is 0 Å². The van der Waals surface area contributed by atoms with Gasteiger partial charge in [-0.2, -0.15) is 0 Å². The molecule has 4 heteroatoms. The summed E-state index contributed by atoms with van der Waals surface area (Å²) in [6.07, 6.45) is 0. The SMILES string of the molecule is c1ccc(-c2ccc3c(c2)oc2ccc4c(c23)NC(c2ccc(-n3c5ccccc5c5ccccc53)cc2)S4)cc1. The van der Waals surface area contributed by atoms with Crippen molar-refractivity contribution < 1.29 is 4.42 Å². The zero-order chi connectivity index (χ0) is 26.9. The number of furan rings is 1. The van der Waals surface area contributed by atoms with Gasteiger partial charge in [0.25, 0.3) is 0 Å². The molecule has 1 aliphatic rings. The zero-order valence-electron chi connectivity index (χ0n) is 22.0. The molecule has 0 aliphatic carbocycles. The Hall–Kier alpha value is -4.93. The Kier molecular flexibility index (Phi) is 4.89. The number of aromatic nitrogens is 1. The summed E-state index contributed by atoms with van der Waals surface area (Å²) < 4.78 is 8.72. The molecule has 0 radical (unpaired) electrons. The van der Waals surface area contributed by atoms with Crippen molar-refractivity contribution in [2.24, 2.45) is 0 Å². The lowest BCUT2D eigenvalue weighted by atomic mass is 10.0. The van der Waals surface area contributed by atoms with Crippen LogP contribution in [-0.2, 0) is 0 Å². The lowest BCUT2D eigenvalue weighted by Crippen LogP contribution is -2.02. The van der Waals surface area contributed by atoms with E-state index in [1.807, 2.05) is 17.8 Å². The van der Waals surface area contributed by atoms with Crippen LogP contribution < -0.4 is 5.32 Å². The molecule has 1 unspecified atom stereocenters. The van der Waals surface area contributed by atoms with Gasteiger partial charge in [0.1, 0.15) is 16.5 Å². The first-order valence-electron chi connectivity index (χ1n) is 13.9. The van der Waals surface area contributed by atoms with Gasteiger partial charge in [0.05, 0.1) is 22.1 Å². The van der Waals surface area contributed by atoms with Crippen molar-refractivity contribution in [3.8, 4) is 16.8 Å². The Bertz CT molecular complexity index is 2210. The van der Waals surface area contributed by atoms with Crippen molar-refractivity contribution in [2.45, 2.75) is 10.3 Å². The Morgan fingerprint density at radius 3 is 2.05 bits per heavy atom. The van der Waals surface area contributed by atoms with Crippen LogP contribution >= 0.6 is 11.8 Å². The molecule has 0 bridgehead atoms. The monoisotopic (exact) mass is 544 g/mol. The molecule has 0 saturated carbocycles. The van der Waals surface area contributed by atoms with E-state index in [4.69, 9.17) is 4.42 Å². The van der Waals surface area contributed by atoms with E-state index in [-0.39, 0.29) is 5.37 Å². The summed E-state index contributed by atoms with van der Waals surface area (Å²) in [5.41, 5.74) is 10.2. The number of anilines is 1. The molecule has 9 rings (SSSR count). The van der Waals surface area contributed by atoms with E-state index in [0.717, 1.165) is 33.2 Å².